The molecule has 1 aliphatic rings. The SMILES string of the molecule is CCOC(=O)Cc1ccc(NC(=O)Nc2nc(C(=O)NC)c(C)s2)c(C(=O)C2CCCC2)c1. The third-order valence-corrected chi connectivity index (χ3v) is 6.32. The molecule has 1 fully saturated rings. The van der Waals surface area contributed by atoms with E-state index in [-0.39, 0.29) is 47.4 Å². The highest BCUT2D eigenvalue weighted by Crippen LogP contribution is 2.31. The Balaban J connectivity index is 1.80. The summed E-state index contributed by atoms with van der Waals surface area (Å²) in [4.78, 5) is 54.4. The number of thiazole rings is 1. The van der Waals surface area contributed by atoms with E-state index >= 15 is 0 Å². The standard InChI is InChI=1S/C23H28N4O5S/c1-4-32-18(28)12-14-9-10-17(16(11-14)20(29)15-7-5-6-8-15)25-22(31)27-23-26-19(13(2)33-23)21(30)24-3/h9-11,15H,4-8,12H2,1-3H3,(H,24,30)(H2,25,26,27,31). The van der Waals surface area contributed by atoms with Gasteiger partial charge in [0, 0.05) is 23.4 Å². The number of carbonyl (C=O) groups excluding carboxylic acids is 4. The van der Waals surface area contributed by atoms with Crippen LogP contribution in [0.3, 0.4) is 0 Å². The first-order valence-electron chi connectivity index (χ1n) is 10.9. The second-order valence-electron chi connectivity index (χ2n) is 7.79. The van der Waals surface area contributed by atoms with Gasteiger partial charge in [-0.3, -0.25) is 19.7 Å². The lowest BCUT2D eigenvalue weighted by molar-refractivity contribution is -0.142. The molecule has 1 aliphatic carbocycles. The van der Waals surface area contributed by atoms with E-state index in [1.54, 1.807) is 32.0 Å². The summed E-state index contributed by atoms with van der Waals surface area (Å²) in [7, 11) is 1.51. The molecule has 0 spiro atoms. The highest BCUT2D eigenvalue weighted by molar-refractivity contribution is 7.16. The van der Waals surface area contributed by atoms with Gasteiger partial charge in [0.05, 0.1) is 18.7 Å². The molecule has 9 nitrogen and oxygen atoms in total. The van der Waals surface area contributed by atoms with Crippen LogP contribution in [0.25, 0.3) is 0 Å². The summed E-state index contributed by atoms with van der Waals surface area (Å²) < 4.78 is 5.01. The Morgan fingerprint density at radius 1 is 1.15 bits per heavy atom. The van der Waals surface area contributed by atoms with E-state index in [2.05, 4.69) is 20.9 Å². The fourth-order valence-corrected chi connectivity index (χ4v) is 4.64. The maximum atomic E-state index is 13.2. The van der Waals surface area contributed by atoms with Crippen molar-refractivity contribution in [3.05, 3.63) is 39.9 Å². The zero-order valence-electron chi connectivity index (χ0n) is 18.9. The van der Waals surface area contributed by atoms with Crippen molar-refractivity contribution in [2.45, 2.75) is 46.0 Å². The van der Waals surface area contributed by atoms with Gasteiger partial charge in [-0.2, -0.15) is 0 Å². The number of anilines is 2. The first-order chi connectivity index (χ1) is 15.8. The van der Waals surface area contributed by atoms with Crippen molar-refractivity contribution in [3.8, 4) is 0 Å². The number of carbonyl (C=O) groups is 4. The van der Waals surface area contributed by atoms with E-state index in [4.69, 9.17) is 4.74 Å². The van der Waals surface area contributed by atoms with Gasteiger partial charge < -0.3 is 15.4 Å². The van der Waals surface area contributed by atoms with Crippen LogP contribution < -0.4 is 16.0 Å². The van der Waals surface area contributed by atoms with Crippen LogP contribution in [-0.4, -0.2) is 42.3 Å². The van der Waals surface area contributed by atoms with Crippen molar-refractivity contribution < 1.29 is 23.9 Å². The highest BCUT2D eigenvalue weighted by atomic mass is 32.1. The van der Waals surface area contributed by atoms with Gasteiger partial charge in [-0.05, 0) is 44.4 Å². The topological polar surface area (TPSA) is 126 Å². The van der Waals surface area contributed by atoms with E-state index < -0.39 is 6.03 Å². The molecular weight excluding hydrogens is 444 g/mol. The van der Waals surface area contributed by atoms with Crippen molar-refractivity contribution in [1.29, 1.82) is 0 Å². The lowest BCUT2D eigenvalue weighted by atomic mass is 9.93. The van der Waals surface area contributed by atoms with Crippen LogP contribution in [0.15, 0.2) is 18.2 Å². The van der Waals surface area contributed by atoms with Gasteiger partial charge in [0.15, 0.2) is 10.9 Å². The minimum absolute atomic E-state index is 0.0412. The number of aryl methyl sites for hydroxylation is 1. The van der Waals surface area contributed by atoms with Crippen molar-refractivity contribution in [3.63, 3.8) is 0 Å². The molecule has 1 heterocycles. The minimum Gasteiger partial charge on any atom is -0.466 e. The monoisotopic (exact) mass is 472 g/mol. The van der Waals surface area contributed by atoms with E-state index in [1.807, 2.05) is 0 Å². The molecular formula is C23H28N4O5S. The molecule has 0 atom stereocenters. The molecule has 1 aromatic heterocycles. The third-order valence-electron chi connectivity index (χ3n) is 5.44. The number of aromatic nitrogens is 1. The molecule has 3 N–H and O–H groups in total. The second-order valence-corrected chi connectivity index (χ2v) is 8.99. The molecule has 176 valence electrons. The van der Waals surface area contributed by atoms with Gasteiger partial charge in [0.25, 0.3) is 5.91 Å². The number of hydrogen-bond acceptors (Lipinski definition) is 7. The van der Waals surface area contributed by atoms with Gasteiger partial charge in [0.1, 0.15) is 5.69 Å². The van der Waals surface area contributed by atoms with Crippen LogP contribution in [0.2, 0.25) is 0 Å². The Morgan fingerprint density at radius 2 is 1.88 bits per heavy atom. The number of amides is 3. The van der Waals surface area contributed by atoms with E-state index in [0.717, 1.165) is 25.7 Å². The Hall–Kier alpha value is -3.27. The van der Waals surface area contributed by atoms with Crippen LogP contribution >= 0.6 is 11.3 Å². The predicted molar refractivity (Wildman–Crippen MR) is 126 cm³/mol. The Bertz CT molecular complexity index is 1060. The van der Waals surface area contributed by atoms with Crippen LogP contribution in [0, 0.1) is 12.8 Å². The summed E-state index contributed by atoms with van der Waals surface area (Å²) >= 11 is 1.18. The number of urea groups is 1. The molecule has 2 aromatic rings. The zero-order chi connectivity index (χ0) is 24.0. The molecule has 3 amide bonds. The summed E-state index contributed by atoms with van der Waals surface area (Å²) in [5, 5.41) is 8.12. The van der Waals surface area contributed by atoms with Gasteiger partial charge in [0.2, 0.25) is 0 Å². The first kappa shape index (κ1) is 24.4. The average molecular weight is 473 g/mol. The fourth-order valence-electron chi connectivity index (χ4n) is 3.83. The molecule has 0 bridgehead atoms. The quantitative estimate of drug-likeness (QED) is 0.395. The number of rotatable bonds is 8. The molecule has 3 rings (SSSR count). The summed E-state index contributed by atoms with van der Waals surface area (Å²) in [5.41, 5.74) is 1.63. The lowest BCUT2D eigenvalue weighted by Crippen LogP contribution is -2.23. The van der Waals surface area contributed by atoms with Crippen molar-refractivity contribution in [1.82, 2.24) is 10.3 Å². The Labute approximate surface area is 196 Å². The second kappa shape index (κ2) is 11.0. The number of nitrogens with one attached hydrogen (secondary N) is 3. The molecule has 10 heteroatoms. The summed E-state index contributed by atoms with van der Waals surface area (Å²) in [6, 6.07) is 4.39. The highest BCUT2D eigenvalue weighted by Gasteiger charge is 2.27. The maximum Gasteiger partial charge on any atom is 0.325 e. The largest absolute Gasteiger partial charge is 0.466 e. The number of benzene rings is 1. The van der Waals surface area contributed by atoms with Crippen molar-refractivity contribution in [2.75, 3.05) is 24.3 Å². The van der Waals surface area contributed by atoms with Crippen molar-refractivity contribution in [2.24, 2.45) is 5.92 Å². The van der Waals surface area contributed by atoms with Crippen molar-refractivity contribution >= 4 is 45.8 Å². The fraction of sp³-hybridized carbons (Fsp3) is 0.435. The van der Waals surface area contributed by atoms with Crippen LogP contribution in [0.5, 0.6) is 0 Å². The normalized spacial score (nSPS) is 13.4. The van der Waals surface area contributed by atoms with E-state index in [1.165, 1.54) is 18.4 Å². The third kappa shape index (κ3) is 6.16. The number of Topliss-reactive ketones (excluding diaryl/α,β-unsaturated/α-hetero) is 1. The van der Waals surface area contributed by atoms with Gasteiger partial charge in [-0.1, -0.05) is 18.9 Å². The Kier molecular flexibility index (Phi) is 8.16. The maximum absolute atomic E-state index is 13.2. The molecule has 0 aliphatic heterocycles. The lowest BCUT2D eigenvalue weighted by Gasteiger charge is -2.15. The van der Waals surface area contributed by atoms with E-state index in [9.17, 15) is 19.2 Å². The minimum atomic E-state index is -0.578. The first-order valence-corrected chi connectivity index (χ1v) is 11.7. The number of ether oxygens (including phenoxy) is 1. The number of esters is 1. The molecule has 0 radical (unpaired) electrons. The molecule has 0 unspecified atom stereocenters. The van der Waals surface area contributed by atoms with Gasteiger partial charge >= 0.3 is 12.0 Å². The molecule has 1 saturated carbocycles. The number of hydrogen-bond donors (Lipinski definition) is 3. The summed E-state index contributed by atoms with van der Waals surface area (Å²) in [6.07, 6.45) is 3.67. The van der Waals surface area contributed by atoms with Gasteiger partial charge in [-0.25, -0.2) is 9.78 Å². The molecule has 0 saturated heterocycles. The molecule has 33 heavy (non-hydrogen) atoms. The number of nitrogens with zero attached hydrogens (tertiary/aromatic N) is 1. The van der Waals surface area contributed by atoms with E-state index in [0.29, 0.717) is 21.7 Å². The van der Waals surface area contributed by atoms with Gasteiger partial charge in [-0.15, -0.1) is 11.3 Å². The molecule has 1 aromatic carbocycles. The van der Waals surface area contributed by atoms with Crippen LogP contribution in [0.4, 0.5) is 15.6 Å². The number of ketones is 1. The average Bonchev–Trinajstić information content (AvgIpc) is 3.44. The van der Waals surface area contributed by atoms with Crippen LogP contribution in [0.1, 0.15) is 63.9 Å². The predicted octanol–water partition coefficient (Wildman–Crippen LogP) is 3.93. The Morgan fingerprint density at radius 3 is 2.55 bits per heavy atom. The summed E-state index contributed by atoms with van der Waals surface area (Å²) in [5.74, 6) is -0.844. The summed E-state index contributed by atoms with van der Waals surface area (Å²) in [6.45, 7) is 3.76. The van der Waals surface area contributed by atoms with Crippen LogP contribution in [-0.2, 0) is 16.0 Å². The smallest absolute Gasteiger partial charge is 0.325 e. The zero-order valence-corrected chi connectivity index (χ0v) is 19.8.